The van der Waals surface area contributed by atoms with E-state index in [1.165, 1.54) is 0 Å². The summed E-state index contributed by atoms with van der Waals surface area (Å²) >= 11 is 6.30. The third-order valence-electron chi connectivity index (χ3n) is 6.22. The van der Waals surface area contributed by atoms with E-state index in [4.69, 9.17) is 11.6 Å². The zero-order valence-corrected chi connectivity index (χ0v) is 17.5. The number of nitrogens with zero attached hydrogens (tertiary/aromatic N) is 1. The smallest absolute Gasteiger partial charge is 0.255 e. The molecule has 1 amide bonds. The highest BCUT2D eigenvalue weighted by Crippen LogP contribution is 2.37. The van der Waals surface area contributed by atoms with E-state index in [9.17, 15) is 14.7 Å². The Balaban J connectivity index is 1.48. The van der Waals surface area contributed by atoms with Gasteiger partial charge in [-0.15, -0.1) is 0 Å². The van der Waals surface area contributed by atoms with Crippen LogP contribution in [0, 0.1) is 0 Å². The number of halogens is 1. The molecule has 2 N–H and O–H groups in total. The van der Waals surface area contributed by atoms with Gasteiger partial charge >= 0.3 is 0 Å². The molecule has 0 unspecified atom stereocenters. The van der Waals surface area contributed by atoms with Gasteiger partial charge in [-0.2, -0.15) is 0 Å². The van der Waals surface area contributed by atoms with Gasteiger partial charge in [-0.25, -0.2) is 0 Å². The molecule has 1 aliphatic rings. The van der Waals surface area contributed by atoms with Gasteiger partial charge in [-0.1, -0.05) is 48.0 Å². The summed E-state index contributed by atoms with van der Waals surface area (Å²) in [6, 6.07) is 19.8. The van der Waals surface area contributed by atoms with Gasteiger partial charge in [0.05, 0.1) is 16.7 Å². The summed E-state index contributed by atoms with van der Waals surface area (Å²) in [5.74, 6) is -0.155. The zero-order valence-electron chi connectivity index (χ0n) is 16.8. The number of H-pyrrole nitrogens is 1. The monoisotopic (exact) mass is 432 g/mol. The normalized spacial score (nSPS) is 16.0. The Morgan fingerprint density at radius 2 is 1.61 bits per heavy atom. The second-order valence-electron chi connectivity index (χ2n) is 8.03. The minimum absolute atomic E-state index is 0.0919. The highest BCUT2D eigenvalue weighted by Gasteiger charge is 2.37. The summed E-state index contributed by atoms with van der Waals surface area (Å²) in [6.45, 7) is 0.795. The van der Waals surface area contributed by atoms with E-state index in [-0.39, 0.29) is 11.3 Å². The molecule has 3 aromatic carbocycles. The van der Waals surface area contributed by atoms with Crippen molar-refractivity contribution in [3.63, 3.8) is 0 Å². The molecule has 31 heavy (non-hydrogen) atoms. The number of aromatic nitrogens is 1. The van der Waals surface area contributed by atoms with Crippen molar-refractivity contribution in [1.82, 2.24) is 9.88 Å². The highest BCUT2D eigenvalue weighted by molar-refractivity contribution is 6.31. The number of piperidine rings is 1. The first-order chi connectivity index (χ1) is 15.0. The van der Waals surface area contributed by atoms with Gasteiger partial charge in [0.25, 0.3) is 5.91 Å². The number of carbonyl (C=O) groups is 1. The first-order valence-electron chi connectivity index (χ1n) is 10.3. The lowest BCUT2D eigenvalue weighted by Gasteiger charge is -2.39. The largest absolute Gasteiger partial charge is 0.385 e. The number of hydrogen-bond donors (Lipinski definition) is 2. The lowest BCUT2D eigenvalue weighted by molar-refractivity contribution is -0.0210. The van der Waals surface area contributed by atoms with Crippen molar-refractivity contribution in [3.05, 3.63) is 93.1 Å². The Bertz CT molecular complexity index is 1370. The Kier molecular flexibility index (Phi) is 4.80. The van der Waals surface area contributed by atoms with Crippen LogP contribution in [0.2, 0.25) is 5.02 Å². The van der Waals surface area contributed by atoms with Crippen molar-refractivity contribution in [1.29, 1.82) is 0 Å². The molecule has 156 valence electrons. The maximum atomic E-state index is 13.4. The summed E-state index contributed by atoms with van der Waals surface area (Å²) in [4.78, 5) is 31.3. The van der Waals surface area contributed by atoms with Gasteiger partial charge < -0.3 is 15.0 Å². The Hall–Kier alpha value is -3.15. The lowest BCUT2D eigenvalue weighted by Crippen LogP contribution is -2.45. The topological polar surface area (TPSA) is 73.4 Å². The van der Waals surface area contributed by atoms with Gasteiger partial charge in [0.1, 0.15) is 0 Å². The lowest BCUT2D eigenvalue weighted by atomic mass is 9.84. The number of fused-ring (bicyclic) bond motifs is 2. The van der Waals surface area contributed by atoms with Crippen molar-refractivity contribution >= 4 is 39.3 Å². The molecule has 0 atom stereocenters. The highest BCUT2D eigenvalue weighted by atomic mass is 35.5. The number of aliphatic hydroxyl groups is 1. The number of likely N-dealkylation sites (tertiary alicyclic amines) is 1. The average molecular weight is 433 g/mol. The van der Waals surface area contributed by atoms with Crippen LogP contribution in [0.5, 0.6) is 0 Å². The van der Waals surface area contributed by atoms with Crippen LogP contribution in [0.4, 0.5) is 0 Å². The molecule has 5 nitrogen and oxygen atoms in total. The van der Waals surface area contributed by atoms with E-state index in [1.807, 2.05) is 36.4 Å². The Morgan fingerprint density at radius 1 is 0.935 bits per heavy atom. The van der Waals surface area contributed by atoms with Crippen LogP contribution in [-0.2, 0) is 5.60 Å². The molecule has 4 aromatic rings. The SMILES string of the molecule is O=C(c1cccc2c(=O)c3ccccc3[nH]c12)N1CCC(O)(c2ccccc2Cl)CC1. The summed E-state index contributed by atoms with van der Waals surface area (Å²) in [5, 5.41) is 12.8. The van der Waals surface area contributed by atoms with E-state index in [0.717, 1.165) is 0 Å². The molecular formula is C25H21ClN2O3. The van der Waals surface area contributed by atoms with Crippen LogP contribution in [0.15, 0.2) is 71.5 Å². The molecule has 0 spiro atoms. The summed E-state index contributed by atoms with van der Waals surface area (Å²) < 4.78 is 0. The number of benzene rings is 3. The number of amides is 1. The number of hydrogen-bond acceptors (Lipinski definition) is 3. The van der Waals surface area contributed by atoms with Crippen molar-refractivity contribution in [2.24, 2.45) is 0 Å². The van der Waals surface area contributed by atoms with Crippen molar-refractivity contribution < 1.29 is 9.90 Å². The van der Waals surface area contributed by atoms with Crippen LogP contribution in [0.25, 0.3) is 21.8 Å². The second-order valence-corrected chi connectivity index (χ2v) is 8.44. The predicted octanol–water partition coefficient (Wildman–Crippen LogP) is 4.46. The molecule has 0 aliphatic carbocycles. The maximum absolute atomic E-state index is 13.4. The maximum Gasteiger partial charge on any atom is 0.255 e. The van der Waals surface area contributed by atoms with Gasteiger partial charge in [0.2, 0.25) is 0 Å². The fourth-order valence-electron chi connectivity index (χ4n) is 4.48. The molecular weight excluding hydrogens is 412 g/mol. The van der Waals surface area contributed by atoms with Crippen LogP contribution >= 0.6 is 11.6 Å². The van der Waals surface area contributed by atoms with Gasteiger partial charge in [0, 0.05) is 40.0 Å². The number of aromatic amines is 1. The van der Waals surface area contributed by atoms with E-state index in [1.54, 1.807) is 35.2 Å². The number of rotatable bonds is 2. The molecule has 1 aliphatic heterocycles. The molecule has 0 saturated carbocycles. The molecule has 6 heteroatoms. The van der Waals surface area contributed by atoms with Gasteiger partial charge in [-0.05, 0) is 43.2 Å². The van der Waals surface area contributed by atoms with E-state index >= 15 is 0 Å². The summed E-state index contributed by atoms with van der Waals surface area (Å²) in [7, 11) is 0. The molecule has 0 radical (unpaired) electrons. The molecule has 1 aromatic heterocycles. The number of carbonyl (C=O) groups excluding carboxylic acids is 1. The van der Waals surface area contributed by atoms with E-state index in [2.05, 4.69) is 4.98 Å². The summed E-state index contributed by atoms with van der Waals surface area (Å²) in [5.41, 5.74) is 1.26. The number of pyridine rings is 1. The van der Waals surface area contributed by atoms with Crippen molar-refractivity contribution in [2.45, 2.75) is 18.4 Å². The molecule has 2 heterocycles. The van der Waals surface area contributed by atoms with Gasteiger partial charge in [0.15, 0.2) is 5.43 Å². The van der Waals surface area contributed by atoms with Crippen LogP contribution < -0.4 is 5.43 Å². The minimum atomic E-state index is -1.06. The second kappa shape index (κ2) is 7.52. The average Bonchev–Trinajstić information content (AvgIpc) is 2.79. The molecule has 0 bridgehead atoms. The van der Waals surface area contributed by atoms with E-state index in [0.29, 0.717) is 63.9 Å². The zero-order chi connectivity index (χ0) is 21.6. The fourth-order valence-corrected chi connectivity index (χ4v) is 4.79. The third kappa shape index (κ3) is 3.30. The fraction of sp³-hybridized carbons (Fsp3) is 0.200. The quantitative estimate of drug-likeness (QED) is 0.459. The van der Waals surface area contributed by atoms with Crippen molar-refractivity contribution in [2.75, 3.05) is 13.1 Å². The molecule has 5 rings (SSSR count). The van der Waals surface area contributed by atoms with Crippen LogP contribution in [0.1, 0.15) is 28.8 Å². The predicted molar refractivity (Wildman–Crippen MR) is 123 cm³/mol. The number of para-hydroxylation sites is 2. The standard InChI is InChI=1S/C25H21ClN2O3/c26-20-10-3-2-9-19(20)25(31)12-14-28(15-13-25)24(30)18-8-5-7-17-22(18)27-21-11-4-1-6-16(21)23(17)29/h1-11,31H,12-15H2,(H,27,29). The minimum Gasteiger partial charge on any atom is -0.385 e. The van der Waals surface area contributed by atoms with E-state index < -0.39 is 5.60 Å². The van der Waals surface area contributed by atoms with Gasteiger partial charge in [-0.3, -0.25) is 9.59 Å². The van der Waals surface area contributed by atoms with Crippen molar-refractivity contribution in [3.8, 4) is 0 Å². The van der Waals surface area contributed by atoms with Crippen LogP contribution in [-0.4, -0.2) is 34.0 Å². The van der Waals surface area contributed by atoms with Crippen LogP contribution in [0.3, 0.4) is 0 Å². The Labute approximate surface area is 183 Å². The first-order valence-corrected chi connectivity index (χ1v) is 10.7. The molecule has 1 fully saturated rings. The Morgan fingerprint density at radius 3 is 2.39 bits per heavy atom. The molecule has 1 saturated heterocycles. The first kappa shape index (κ1) is 19.8. The summed E-state index contributed by atoms with van der Waals surface area (Å²) in [6.07, 6.45) is 0.791. The number of nitrogens with one attached hydrogen (secondary N) is 1. The third-order valence-corrected chi connectivity index (χ3v) is 6.55.